The van der Waals surface area contributed by atoms with Crippen molar-refractivity contribution < 1.29 is 19.4 Å². The van der Waals surface area contributed by atoms with Gasteiger partial charge in [-0.05, 0) is 79.4 Å². The normalized spacial score (nSPS) is 10.8. The number of carboxylic acids is 1. The first-order chi connectivity index (χ1) is 15.4. The molecular formula is C24H18Br2N2O4. The van der Waals surface area contributed by atoms with Gasteiger partial charge >= 0.3 is 5.97 Å². The largest absolute Gasteiger partial charge is 0.496 e. The Bertz CT molecular complexity index is 1270. The van der Waals surface area contributed by atoms with Crippen LogP contribution in [0.2, 0.25) is 0 Å². The first kappa shape index (κ1) is 22.1. The Balaban J connectivity index is 2.05. The van der Waals surface area contributed by atoms with Crippen LogP contribution in [0.15, 0.2) is 69.6 Å². The number of aromatic amines is 1. The van der Waals surface area contributed by atoms with Gasteiger partial charge in [0, 0.05) is 5.57 Å². The highest BCUT2D eigenvalue weighted by molar-refractivity contribution is 9.10. The number of nitrogens with zero attached hydrogens (tertiary/aromatic N) is 1. The van der Waals surface area contributed by atoms with E-state index in [2.05, 4.69) is 41.8 Å². The molecule has 0 spiro atoms. The number of carboxylic acid groups (broad SMARTS) is 1. The fourth-order valence-electron chi connectivity index (χ4n) is 3.50. The number of aromatic nitrogens is 2. The van der Waals surface area contributed by atoms with Crippen LogP contribution in [0.1, 0.15) is 17.0 Å². The topological polar surface area (TPSA) is 84.4 Å². The van der Waals surface area contributed by atoms with Gasteiger partial charge in [-0.15, -0.1) is 0 Å². The Morgan fingerprint density at radius 2 is 1.47 bits per heavy atom. The van der Waals surface area contributed by atoms with E-state index in [0.717, 1.165) is 5.52 Å². The number of hydrogen-bond donors (Lipinski definition) is 2. The van der Waals surface area contributed by atoms with Crippen molar-refractivity contribution in [2.45, 2.75) is 0 Å². The third kappa shape index (κ3) is 4.16. The summed E-state index contributed by atoms with van der Waals surface area (Å²) in [6.45, 7) is 0. The minimum Gasteiger partial charge on any atom is -0.496 e. The molecule has 8 heteroatoms. The molecule has 3 aromatic carbocycles. The quantitative estimate of drug-likeness (QED) is 0.278. The highest BCUT2D eigenvalue weighted by Gasteiger charge is 2.24. The molecule has 1 aromatic heterocycles. The molecule has 0 bridgehead atoms. The number of hydrogen-bond acceptors (Lipinski definition) is 4. The minimum absolute atomic E-state index is 0.0512. The molecule has 4 rings (SSSR count). The molecule has 0 aliphatic carbocycles. The highest BCUT2D eigenvalue weighted by Crippen LogP contribution is 2.38. The lowest BCUT2D eigenvalue weighted by Gasteiger charge is -2.15. The molecule has 0 unspecified atom stereocenters. The van der Waals surface area contributed by atoms with Crippen molar-refractivity contribution in [3.8, 4) is 11.5 Å². The molecular weight excluding hydrogens is 540 g/mol. The fourth-order valence-corrected chi connectivity index (χ4v) is 4.58. The van der Waals surface area contributed by atoms with E-state index in [1.807, 2.05) is 48.5 Å². The lowest BCUT2D eigenvalue weighted by Crippen LogP contribution is -2.07. The molecule has 2 N–H and O–H groups in total. The maximum atomic E-state index is 12.6. The van der Waals surface area contributed by atoms with Crippen LogP contribution in [-0.4, -0.2) is 35.3 Å². The molecule has 0 saturated carbocycles. The molecule has 0 fully saturated rings. The van der Waals surface area contributed by atoms with Gasteiger partial charge in [-0.25, -0.2) is 9.78 Å². The van der Waals surface area contributed by atoms with Crippen molar-refractivity contribution in [2.24, 2.45) is 0 Å². The standard InChI is InChI=1S/C24H18Br2N2O4/c1-31-19-9-7-13(11-15(19)25)21(14-8-10-20(32-2)16(26)12-14)22(24(29)30)23-27-17-5-3-4-6-18(17)28-23/h3-12H,1-2H3,(H,27,28)(H,29,30). The van der Waals surface area contributed by atoms with Gasteiger partial charge in [-0.1, -0.05) is 24.3 Å². The first-order valence-corrected chi connectivity index (χ1v) is 11.1. The summed E-state index contributed by atoms with van der Waals surface area (Å²) >= 11 is 7.02. The number of carbonyl (C=O) groups is 1. The van der Waals surface area contributed by atoms with E-state index >= 15 is 0 Å². The van der Waals surface area contributed by atoms with Gasteiger partial charge in [0.1, 0.15) is 22.9 Å². The Morgan fingerprint density at radius 3 is 1.94 bits per heavy atom. The first-order valence-electron chi connectivity index (χ1n) is 9.53. The molecule has 4 aromatic rings. The van der Waals surface area contributed by atoms with Gasteiger partial charge in [-0.3, -0.25) is 0 Å². The molecule has 0 atom stereocenters. The number of halogens is 2. The van der Waals surface area contributed by atoms with Gasteiger partial charge in [0.15, 0.2) is 0 Å². The summed E-state index contributed by atoms with van der Waals surface area (Å²) in [5, 5.41) is 10.3. The summed E-state index contributed by atoms with van der Waals surface area (Å²) in [4.78, 5) is 20.3. The predicted octanol–water partition coefficient (Wildman–Crippen LogP) is 6.15. The van der Waals surface area contributed by atoms with Crippen LogP contribution in [0.3, 0.4) is 0 Å². The molecule has 0 amide bonds. The van der Waals surface area contributed by atoms with E-state index in [0.29, 0.717) is 42.7 Å². The molecule has 32 heavy (non-hydrogen) atoms. The third-order valence-electron chi connectivity index (χ3n) is 4.97. The van der Waals surface area contributed by atoms with Crippen LogP contribution in [0.4, 0.5) is 0 Å². The average Bonchev–Trinajstić information content (AvgIpc) is 3.20. The second-order valence-electron chi connectivity index (χ2n) is 6.86. The zero-order valence-corrected chi connectivity index (χ0v) is 20.3. The number of methoxy groups -OCH3 is 2. The second kappa shape index (κ2) is 9.18. The second-order valence-corrected chi connectivity index (χ2v) is 8.57. The highest BCUT2D eigenvalue weighted by atomic mass is 79.9. The van der Waals surface area contributed by atoms with Crippen molar-refractivity contribution in [1.29, 1.82) is 0 Å². The van der Waals surface area contributed by atoms with Crippen LogP contribution >= 0.6 is 31.9 Å². The summed E-state index contributed by atoms with van der Waals surface area (Å²) in [7, 11) is 3.16. The predicted molar refractivity (Wildman–Crippen MR) is 131 cm³/mol. The number of fused-ring (bicyclic) bond motifs is 1. The van der Waals surface area contributed by atoms with Gasteiger partial charge in [0.2, 0.25) is 0 Å². The molecule has 1 heterocycles. The number of H-pyrrole nitrogens is 1. The van der Waals surface area contributed by atoms with Crippen molar-refractivity contribution in [2.75, 3.05) is 14.2 Å². The summed E-state index contributed by atoms with van der Waals surface area (Å²) in [6.07, 6.45) is 0. The third-order valence-corrected chi connectivity index (χ3v) is 6.21. The number of aliphatic carboxylic acids is 1. The van der Waals surface area contributed by atoms with Crippen molar-refractivity contribution >= 4 is 60.0 Å². The summed E-state index contributed by atoms with van der Waals surface area (Å²) in [5.41, 5.74) is 3.37. The van der Waals surface area contributed by atoms with Crippen LogP contribution < -0.4 is 9.47 Å². The smallest absolute Gasteiger partial charge is 0.340 e. The Hall–Kier alpha value is -3.10. The summed E-state index contributed by atoms with van der Waals surface area (Å²) in [6, 6.07) is 18.3. The van der Waals surface area contributed by atoms with Gasteiger partial charge in [-0.2, -0.15) is 0 Å². The van der Waals surface area contributed by atoms with Crippen LogP contribution in [0.25, 0.3) is 22.2 Å². The van der Waals surface area contributed by atoms with Crippen molar-refractivity contribution in [3.63, 3.8) is 0 Å². The lowest BCUT2D eigenvalue weighted by atomic mass is 9.92. The zero-order chi connectivity index (χ0) is 22.8. The molecule has 0 aliphatic rings. The number of para-hydroxylation sites is 2. The molecule has 162 valence electrons. The minimum atomic E-state index is -1.10. The van der Waals surface area contributed by atoms with Crippen LogP contribution in [0, 0.1) is 0 Å². The molecule has 0 saturated heterocycles. The van der Waals surface area contributed by atoms with E-state index in [1.165, 1.54) is 0 Å². The van der Waals surface area contributed by atoms with E-state index in [-0.39, 0.29) is 11.4 Å². The average molecular weight is 558 g/mol. The van der Waals surface area contributed by atoms with Crippen molar-refractivity contribution in [1.82, 2.24) is 9.97 Å². The fraction of sp³-hybridized carbons (Fsp3) is 0.0833. The maximum absolute atomic E-state index is 12.6. The Morgan fingerprint density at radius 1 is 0.906 bits per heavy atom. The number of nitrogens with one attached hydrogen (secondary N) is 1. The maximum Gasteiger partial charge on any atom is 0.340 e. The molecule has 0 aliphatic heterocycles. The summed E-state index contributed by atoms with van der Waals surface area (Å²) in [5.74, 6) is 0.458. The van der Waals surface area contributed by atoms with Crippen molar-refractivity contribution in [3.05, 3.63) is 86.6 Å². The summed E-state index contributed by atoms with van der Waals surface area (Å²) < 4.78 is 12.1. The van der Waals surface area contributed by atoms with E-state index < -0.39 is 5.97 Å². The zero-order valence-electron chi connectivity index (χ0n) is 17.1. The van der Waals surface area contributed by atoms with Crippen LogP contribution in [0.5, 0.6) is 11.5 Å². The Labute approximate surface area is 201 Å². The van der Waals surface area contributed by atoms with E-state index in [4.69, 9.17) is 9.47 Å². The van der Waals surface area contributed by atoms with Gasteiger partial charge in [0.25, 0.3) is 0 Å². The van der Waals surface area contributed by atoms with Gasteiger partial charge < -0.3 is 19.6 Å². The Kier molecular flexibility index (Phi) is 6.34. The number of benzene rings is 3. The van der Waals surface area contributed by atoms with Crippen LogP contribution in [-0.2, 0) is 4.79 Å². The number of rotatable bonds is 6. The van der Waals surface area contributed by atoms with Gasteiger partial charge in [0.05, 0.1) is 34.2 Å². The SMILES string of the molecule is COc1ccc(C(=C(C(=O)O)c2nc3ccccc3[nH]2)c2ccc(OC)c(Br)c2)cc1Br. The lowest BCUT2D eigenvalue weighted by molar-refractivity contribution is -0.130. The monoisotopic (exact) mass is 556 g/mol. The number of imidazole rings is 1. The van der Waals surface area contributed by atoms with E-state index in [1.54, 1.807) is 26.4 Å². The number of ether oxygens (including phenoxy) is 2. The molecule has 6 nitrogen and oxygen atoms in total. The van der Waals surface area contributed by atoms with E-state index in [9.17, 15) is 9.90 Å². The molecule has 0 radical (unpaired) electrons.